The number of carbonyl (C=O) groups excluding carboxylic acids is 2. The van der Waals surface area contributed by atoms with Crippen molar-refractivity contribution in [2.24, 2.45) is 0 Å². The molecular weight excluding hydrogens is 378 g/mol. The number of hydrogen-bond acceptors (Lipinski definition) is 8. The predicted molar refractivity (Wildman–Crippen MR) is 51.9 cm³/mol. The van der Waals surface area contributed by atoms with Gasteiger partial charge in [-0.2, -0.15) is 43.2 Å². The SMILES string of the molecule is O=C(OS(=O)(=O)CCS(=O)(=O)OC(=O)C(F)(F)F)C(F)(F)F. The van der Waals surface area contributed by atoms with Gasteiger partial charge in [0.2, 0.25) is 0 Å². The largest absolute Gasteiger partial charge is 0.492 e. The highest BCUT2D eigenvalue weighted by molar-refractivity contribution is 7.90. The summed E-state index contributed by atoms with van der Waals surface area (Å²) in [6.45, 7) is 0. The minimum atomic E-state index is -5.70. The number of halogens is 6. The first-order valence-corrected chi connectivity index (χ1v) is 7.68. The molecule has 0 fully saturated rings. The number of rotatable bonds is 5. The molecule has 0 spiro atoms. The lowest BCUT2D eigenvalue weighted by Gasteiger charge is -2.09. The summed E-state index contributed by atoms with van der Waals surface area (Å²) < 4.78 is 120. The summed E-state index contributed by atoms with van der Waals surface area (Å²) >= 11 is 0. The van der Waals surface area contributed by atoms with Crippen LogP contribution in [-0.4, -0.2) is 52.6 Å². The Hall–Kier alpha value is -1.58. The van der Waals surface area contributed by atoms with Crippen LogP contribution in [0.3, 0.4) is 0 Å². The maximum atomic E-state index is 11.7. The van der Waals surface area contributed by atoms with Crippen molar-refractivity contribution in [1.82, 2.24) is 0 Å². The fraction of sp³-hybridized carbons (Fsp3) is 0.667. The van der Waals surface area contributed by atoms with Gasteiger partial charge in [0.25, 0.3) is 0 Å². The second-order valence-electron chi connectivity index (χ2n) is 3.26. The Kier molecular flexibility index (Phi) is 5.82. The van der Waals surface area contributed by atoms with E-state index in [0.29, 0.717) is 0 Å². The van der Waals surface area contributed by atoms with Gasteiger partial charge in [-0.1, -0.05) is 0 Å². The number of hydrogen-bond donors (Lipinski definition) is 0. The average Bonchev–Trinajstić information content (AvgIpc) is 2.23. The molecule has 0 heterocycles. The molecule has 0 radical (unpaired) electrons. The summed E-state index contributed by atoms with van der Waals surface area (Å²) in [7, 11) is -10.8. The molecule has 0 aromatic rings. The zero-order valence-electron chi connectivity index (χ0n) is 9.76. The molecular formula is C6H4F6O8S2. The molecule has 0 bridgehead atoms. The monoisotopic (exact) mass is 382 g/mol. The van der Waals surface area contributed by atoms with Gasteiger partial charge in [-0.05, 0) is 0 Å². The summed E-state index contributed by atoms with van der Waals surface area (Å²) in [6.07, 6.45) is -11.4. The molecule has 0 N–H and O–H groups in total. The fourth-order valence-corrected chi connectivity index (χ4v) is 3.06. The van der Waals surface area contributed by atoms with Crippen LogP contribution in [-0.2, 0) is 38.2 Å². The third-order valence-electron chi connectivity index (χ3n) is 1.45. The van der Waals surface area contributed by atoms with E-state index in [1.54, 1.807) is 0 Å². The fourth-order valence-electron chi connectivity index (χ4n) is 0.613. The van der Waals surface area contributed by atoms with Crippen molar-refractivity contribution in [2.75, 3.05) is 11.5 Å². The normalized spacial score (nSPS) is 13.5. The van der Waals surface area contributed by atoms with E-state index >= 15 is 0 Å². The lowest BCUT2D eigenvalue weighted by Crippen LogP contribution is -2.32. The zero-order chi connectivity index (χ0) is 18.0. The second-order valence-corrected chi connectivity index (χ2v) is 6.64. The molecule has 0 saturated carbocycles. The van der Waals surface area contributed by atoms with Gasteiger partial charge in [-0.25, -0.2) is 9.59 Å². The van der Waals surface area contributed by atoms with Crippen LogP contribution in [0.2, 0.25) is 0 Å². The molecule has 0 aromatic carbocycles. The van der Waals surface area contributed by atoms with Crippen LogP contribution in [0.4, 0.5) is 26.3 Å². The maximum Gasteiger partial charge on any atom is 0.492 e. The first-order chi connectivity index (χ1) is 9.46. The molecule has 0 aliphatic rings. The summed E-state index contributed by atoms with van der Waals surface area (Å²) in [5, 5.41) is 0. The van der Waals surface area contributed by atoms with E-state index in [2.05, 4.69) is 8.37 Å². The van der Waals surface area contributed by atoms with Crippen molar-refractivity contribution in [2.45, 2.75) is 12.4 Å². The van der Waals surface area contributed by atoms with E-state index in [0.717, 1.165) is 0 Å². The van der Waals surface area contributed by atoms with Crippen LogP contribution in [0, 0.1) is 0 Å². The van der Waals surface area contributed by atoms with E-state index in [-0.39, 0.29) is 0 Å². The summed E-state index contributed by atoms with van der Waals surface area (Å²) in [5.41, 5.74) is 0. The van der Waals surface area contributed by atoms with Crippen LogP contribution in [0.5, 0.6) is 0 Å². The quantitative estimate of drug-likeness (QED) is 0.476. The van der Waals surface area contributed by atoms with Gasteiger partial charge in [0.05, 0.1) is 0 Å². The molecule has 0 amide bonds. The maximum absolute atomic E-state index is 11.7. The molecule has 0 aliphatic carbocycles. The second kappa shape index (κ2) is 6.27. The Labute approximate surface area is 118 Å². The van der Waals surface area contributed by atoms with Crippen molar-refractivity contribution in [3.8, 4) is 0 Å². The highest BCUT2D eigenvalue weighted by Crippen LogP contribution is 2.19. The third-order valence-corrected chi connectivity index (χ3v) is 3.93. The van der Waals surface area contributed by atoms with E-state index < -0.39 is 56.0 Å². The van der Waals surface area contributed by atoms with Crippen LogP contribution >= 0.6 is 0 Å². The van der Waals surface area contributed by atoms with Crippen molar-refractivity contribution in [3.05, 3.63) is 0 Å². The summed E-state index contributed by atoms with van der Waals surface area (Å²) in [6, 6.07) is 0. The van der Waals surface area contributed by atoms with Crippen molar-refractivity contribution in [3.63, 3.8) is 0 Å². The van der Waals surface area contributed by atoms with E-state index in [1.807, 2.05) is 0 Å². The van der Waals surface area contributed by atoms with Crippen molar-refractivity contribution < 1.29 is 61.1 Å². The van der Waals surface area contributed by atoms with Gasteiger partial charge < -0.3 is 8.37 Å². The minimum absolute atomic E-state index is 1.86. The molecule has 0 atom stereocenters. The Bertz CT molecular complexity index is 584. The molecule has 0 saturated heterocycles. The molecule has 0 aromatic heterocycles. The van der Waals surface area contributed by atoms with Crippen LogP contribution in [0.1, 0.15) is 0 Å². The molecule has 16 heteroatoms. The van der Waals surface area contributed by atoms with Gasteiger partial charge in [-0.3, -0.25) is 0 Å². The van der Waals surface area contributed by atoms with E-state index in [1.165, 1.54) is 0 Å². The van der Waals surface area contributed by atoms with Crippen molar-refractivity contribution >= 4 is 32.2 Å². The average molecular weight is 382 g/mol. The van der Waals surface area contributed by atoms with E-state index in [9.17, 15) is 52.8 Å². The van der Waals surface area contributed by atoms with E-state index in [4.69, 9.17) is 0 Å². The molecule has 0 unspecified atom stereocenters. The smallest absolute Gasteiger partial charge is 0.338 e. The highest BCUT2D eigenvalue weighted by Gasteiger charge is 2.45. The number of alkyl halides is 6. The first kappa shape index (κ1) is 20.4. The number of carbonyl (C=O) groups is 2. The van der Waals surface area contributed by atoms with Gasteiger partial charge in [-0.15, -0.1) is 0 Å². The Morgan fingerprint density at radius 1 is 0.682 bits per heavy atom. The topological polar surface area (TPSA) is 121 Å². The molecule has 130 valence electrons. The molecule has 22 heavy (non-hydrogen) atoms. The minimum Gasteiger partial charge on any atom is -0.338 e. The first-order valence-electron chi connectivity index (χ1n) is 4.53. The highest BCUT2D eigenvalue weighted by atomic mass is 32.2. The Morgan fingerprint density at radius 3 is 1.09 bits per heavy atom. The standard InChI is InChI=1S/C6H4F6O8S2/c7-5(8,9)3(13)19-21(15,16)1-2-22(17,18)20-4(14)6(10,11)12/h1-2H2. The van der Waals surface area contributed by atoms with Gasteiger partial charge in [0.1, 0.15) is 11.5 Å². The van der Waals surface area contributed by atoms with Crippen LogP contribution in [0.25, 0.3) is 0 Å². The van der Waals surface area contributed by atoms with Gasteiger partial charge in [0, 0.05) is 0 Å². The Morgan fingerprint density at radius 2 is 0.909 bits per heavy atom. The molecule has 8 nitrogen and oxygen atoms in total. The van der Waals surface area contributed by atoms with Crippen molar-refractivity contribution in [1.29, 1.82) is 0 Å². The van der Waals surface area contributed by atoms with Gasteiger partial charge >= 0.3 is 44.5 Å². The summed E-state index contributed by atoms with van der Waals surface area (Å²) in [5.74, 6) is -10.1. The predicted octanol–water partition coefficient (Wildman–Crippen LogP) is -0.143. The van der Waals surface area contributed by atoms with Gasteiger partial charge in [0.15, 0.2) is 0 Å². The van der Waals surface area contributed by atoms with Crippen LogP contribution < -0.4 is 0 Å². The van der Waals surface area contributed by atoms with Crippen LogP contribution in [0.15, 0.2) is 0 Å². The summed E-state index contributed by atoms with van der Waals surface area (Å²) in [4.78, 5) is 20.4. The lowest BCUT2D eigenvalue weighted by molar-refractivity contribution is -0.189. The third kappa shape index (κ3) is 7.43. The molecule has 0 aliphatic heterocycles. The lowest BCUT2D eigenvalue weighted by atomic mass is 10.7. The molecule has 0 rings (SSSR count). The zero-order valence-corrected chi connectivity index (χ0v) is 11.4. The Balaban J connectivity index is 4.79.